The summed E-state index contributed by atoms with van der Waals surface area (Å²) in [5.74, 6) is -1.01. The van der Waals surface area contributed by atoms with E-state index in [2.05, 4.69) is 23.9 Å². The molecular formula is C11H14N4O2. The van der Waals surface area contributed by atoms with E-state index in [4.69, 9.17) is 5.11 Å². The highest BCUT2D eigenvalue weighted by atomic mass is 16.4. The Hall–Kier alpha value is -2.11. The number of carboxylic acid groups (broad SMARTS) is 1. The van der Waals surface area contributed by atoms with E-state index in [0.29, 0.717) is 12.6 Å². The van der Waals surface area contributed by atoms with Crippen molar-refractivity contribution in [3.8, 4) is 0 Å². The molecule has 0 aliphatic carbocycles. The van der Waals surface area contributed by atoms with Crippen LogP contribution in [0.3, 0.4) is 0 Å². The molecule has 0 spiro atoms. The highest BCUT2D eigenvalue weighted by molar-refractivity contribution is 5.85. The van der Waals surface area contributed by atoms with Gasteiger partial charge in [0.1, 0.15) is 0 Å². The number of carboxylic acids is 1. The third-order valence-electron chi connectivity index (χ3n) is 2.49. The molecule has 0 aromatic carbocycles. The summed E-state index contributed by atoms with van der Waals surface area (Å²) in [5.41, 5.74) is 1.06. The summed E-state index contributed by atoms with van der Waals surface area (Å²) in [6.45, 7) is 4.65. The fraction of sp³-hybridized carbons (Fsp3) is 0.364. The fourth-order valence-corrected chi connectivity index (χ4v) is 1.65. The van der Waals surface area contributed by atoms with Gasteiger partial charge in [-0.3, -0.25) is 4.68 Å². The van der Waals surface area contributed by atoms with Crippen molar-refractivity contribution in [2.75, 3.05) is 0 Å². The van der Waals surface area contributed by atoms with Gasteiger partial charge in [-0.1, -0.05) is 0 Å². The van der Waals surface area contributed by atoms with Crippen LogP contribution >= 0.6 is 0 Å². The monoisotopic (exact) mass is 234 g/mol. The minimum absolute atomic E-state index is 0.0561. The Morgan fingerprint density at radius 1 is 1.53 bits per heavy atom. The molecule has 2 heterocycles. The Morgan fingerprint density at radius 3 is 2.88 bits per heavy atom. The quantitative estimate of drug-likeness (QED) is 0.868. The van der Waals surface area contributed by atoms with E-state index in [9.17, 15) is 4.79 Å². The van der Waals surface area contributed by atoms with Crippen LogP contribution in [0.25, 0.3) is 0 Å². The first kappa shape index (κ1) is 11.4. The maximum Gasteiger partial charge on any atom is 0.356 e. The Balaban J connectivity index is 2.19. The van der Waals surface area contributed by atoms with Crippen molar-refractivity contribution in [2.45, 2.75) is 26.4 Å². The Bertz CT molecular complexity index is 527. The third kappa shape index (κ3) is 2.35. The van der Waals surface area contributed by atoms with Crippen LogP contribution in [0.4, 0.5) is 0 Å². The van der Waals surface area contributed by atoms with Crippen LogP contribution in [-0.4, -0.2) is 30.4 Å². The van der Waals surface area contributed by atoms with E-state index in [1.54, 1.807) is 23.4 Å². The van der Waals surface area contributed by atoms with Crippen molar-refractivity contribution in [3.63, 3.8) is 0 Å². The predicted molar refractivity (Wildman–Crippen MR) is 60.9 cm³/mol. The van der Waals surface area contributed by atoms with Crippen molar-refractivity contribution >= 4 is 5.97 Å². The number of hydrogen-bond acceptors (Lipinski definition) is 3. The number of aromatic nitrogens is 4. The predicted octanol–water partition coefficient (Wildman–Crippen LogP) is 1.41. The first-order chi connectivity index (χ1) is 8.08. The highest BCUT2D eigenvalue weighted by Gasteiger charge is 2.09. The van der Waals surface area contributed by atoms with Gasteiger partial charge in [-0.2, -0.15) is 5.10 Å². The Kier molecular flexibility index (Phi) is 2.95. The zero-order valence-corrected chi connectivity index (χ0v) is 9.74. The zero-order chi connectivity index (χ0) is 12.4. The molecule has 0 bridgehead atoms. The lowest BCUT2D eigenvalue weighted by molar-refractivity contribution is 0.0689. The van der Waals surface area contributed by atoms with E-state index >= 15 is 0 Å². The standard InChI is InChI=1S/C11H14N4O2/c1-8(2)15-7-12-5-9(15)6-14-4-3-10(13-14)11(16)17/h3-5,7-8H,6H2,1-2H3,(H,16,17). The Labute approximate surface area is 98.5 Å². The maximum absolute atomic E-state index is 10.7. The van der Waals surface area contributed by atoms with E-state index in [0.717, 1.165) is 5.69 Å². The minimum atomic E-state index is -1.01. The highest BCUT2D eigenvalue weighted by Crippen LogP contribution is 2.10. The average Bonchev–Trinajstić information content (AvgIpc) is 2.86. The van der Waals surface area contributed by atoms with Gasteiger partial charge in [0, 0.05) is 12.2 Å². The smallest absolute Gasteiger partial charge is 0.356 e. The molecule has 0 unspecified atom stereocenters. The molecule has 2 aromatic rings. The van der Waals surface area contributed by atoms with Gasteiger partial charge in [0.05, 0.1) is 24.8 Å². The second kappa shape index (κ2) is 4.40. The van der Waals surface area contributed by atoms with E-state index < -0.39 is 5.97 Å². The van der Waals surface area contributed by atoms with Gasteiger partial charge in [0.25, 0.3) is 0 Å². The van der Waals surface area contributed by atoms with Crippen LogP contribution < -0.4 is 0 Å². The second-order valence-corrected chi connectivity index (χ2v) is 4.09. The molecule has 0 amide bonds. The number of rotatable bonds is 4. The van der Waals surface area contributed by atoms with Gasteiger partial charge in [0.2, 0.25) is 0 Å². The number of hydrogen-bond donors (Lipinski definition) is 1. The Morgan fingerprint density at radius 2 is 2.29 bits per heavy atom. The third-order valence-corrected chi connectivity index (χ3v) is 2.49. The second-order valence-electron chi connectivity index (χ2n) is 4.09. The number of carbonyl (C=O) groups is 1. The van der Waals surface area contributed by atoms with Gasteiger partial charge >= 0.3 is 5.97 Å². The number of aromatic carboxylic acids is 1. The summed E-state index contributed by atoms with van der Waals surface area (Å²) in [5, 5.41) is 12.7. The minimum Gasteiger partial charge on any atom is -0.476 e. The average molecular weight is 234 g/mol. The molecule has 1 N–H and O–H groups in total. The van der Waals surface area contributed by atoms with Crippen LogP contribution in [-0.2, 0) is 6.54 Å². The first-order valence-electron chi connectivity index (χ1n) is 5.35. The molecule has 6 heteroatoms. The molecule has 90 valence electrons. The van der Waals surface area contributed by atoms with Gasteiger partial charge in [0.15, 0.2) is 5.69 Å². The van der Waals surface area contributed by atoms with Crippen LogP contribution in [0.15, 0.2) is 24.8 Å². The molecule has 2 rings (SSSR count). The molecular weight excluding hydrogens is 220 g/mol. The molecule has 0 radical (unpaired) electrons. The molecule has 0 aliphatic rings. The van der Waals surface area contributed by atoms with Crippen LogP contribution in [0.2, 0.25) is 0 Å². The lowest BCUT2D eigenvalue weighted by atomic mass is 10.3. The van der Waals surface area contributed by atoms with Crippen molar-refractivity contribution in [1.29, 1.82) is 0 Å². The normalized spacial score (nSPS) is 11.0. The maximum atomic E-state index is 10.7. The summed E-state index contributed by atoms with van der Waals surface area (Å²) in [6, 6.07) is 1.81. The lowest BCUT2D eigenvalue weighted by Gasteiger charge is -2.11. The molecule has 6 nitrogen and oxygen atoms in total. The van der Waals surface area contributed by atoms with Crippen molar-refractivity contribution < 1.29 is 9.90 Å². The zero-order valence-electron chi connectivity index (χ0n) is 9.74. The number of nitrogens with zero attached hydrogens (tertiary/aromatic N) is 4. The van der Waals surface area contributed by atoms with Gasteiger partial charge in [-0.15, -0.1) is 0 Å². The molecule has 0 saturated carbocycles. The van der Waals surface area contributed by atoms with Gasteiger partial charge < -0.3 is 9.67 Å². The summed E-state index contributed by atoms with van der Waals surface area (Å²) in [4.78, 5) is 14.8. The molecule has 0 saturated heterocycles. The van der Waals surface area contributed by atoms with Crippen LogP contribution in [0.5, 0.6) is 0 Å². The summed E-state index contributed by atoms with van der Waals surface area (Å²) in [6.07, 6.45) is 5.19. The van der Waals surface area contributed by atoms with Crippen LogP contribution in [0.1, 0.15) is 36.1 Å². The van der Waals surface area contributed by atoms with Gasteiger partial charge in [-0.05, 0) is 19.9 Å². The molecule has 0 atom stereocenters. The van der Waals surface area contributed by atoms with Crippen molar-refractivity contribution in [2.24, 2.45) is 0 Å². The van der Waals surface area contributed by atoms with Crippen LogP contribution in [0, 0.1) is 0 Å². The van der Waals surface area contributed by atoms with Gasteiger partial charge in [-0.25, -0.2) is 9.78 Å². The molecule has 0 fully saturated rings. The molecule has 0 aliphatic heterocycles. The molecule has 2 aromatic heterocycles. The lowest BCUT2D eigenvalue weighted by Crippen LogP contribution is -2.10. The summed E-state index contributed by atoms with van der Waals surface area (Å²) >= 11 is 0. The topological polar surface area (TPSA) is 72.9 Å². The largest absolute Gasteiger partial charge is 0.476 e. The summed E-state index contributed by atoms with van der Waals surface area (Å²) < 4.78 is 3.63. The number of imidazole rings is 1. The van der Waals surface area contributed by atoms with E-state index in [1.807, 2.05) is 4.57 Å². The van der Waals surface area contributed by atoms with E-state index in [-0.39, 0.29) is 5.69 Å². The summed E-state index contributed by atoms with van der Waals surface area (Å²) in [7, 11) is 0. The van der Waals surface area contributed by atoms with E-state index in [1.165, 1.54) is 6.07 Å². The SMILES string of the molecule is CC(C)n1cncc1Cn1ccc(C(=O)O)n1. The first-order valence-corrected chi connectivity index (χ1v) is 5.35. The molecule has 17 heavy (non-hydrogen) atoms. The van der Waals surface area contributed by atoms with Crippen molar-refractivity contribution in [1.82, 2.24) is 19.3 Å². The van der Waals surface area contributed by atoms with Crippen molar-refractivity contribution in [3.05, 3.63) is 36.2 Å². The fourth-order valence-electron chi connectivity index (χ4n) is 1.65.